The van der Waals surface area contributed by atoms with Crippen molar-refractivity contribution in [2.45, 2.75) is 0 Å². The Kier molecular flexibility index (Phi) is 2.23. The minimum atomic E-state index is 0.574. The molecule has 0 unspecified atom stereocenters. The standard InChI is InChI=1S/C10H9N5S2/c1-15-8(13-14-10(15)16)7-6(11)5-3-2-4-12-9(5)17-7/h2-4H,11H2,1H3,(H,14,16). The van der Waals surface area contributed by atoms with Crippen molar-refractivity contribution in [2.24, 2.45) is 7.05 Å². The molecule has 3 aromatic heterocycles. The van der Waals surface area contributed by atoms with E-state index >= 15 is 0 Å². The van der Waals surface area contributed by atoms with Crippen LogP contribution in [0.1, 0.15) is 0 Å². The van der Waals surface area contributed by atoms with Crippen LogP contribution in [0.25, 0.3) is 20.9 Å². The van der Waals surface area contributed by atoms with E-state index in [0.29, 0.717) is 10.5 Å². The summed E-state index contributed by atoms with van der Waals surface area (Å²) in [5.41, 5.74) is 6.82. The summed E-state index contributed by atoms with van der Waals surface area (Å²) in [6, 6.07) is 3.83. The van der Waals surface area contributed by atoms with Crippen molar-refractivity contribution in [1.29, 1.82) is 0 Å². The lowest BCUT2D eigenvalue weighted by Gasteiger charge is -1.97. The Morgan fingerprint density at radius 1 is 1.53 bits per heavy atom. The molecule has 0 bridgehead atoms. The lowest BCUT2D eigenvalue weighted by molar-refractivity contribution is 0.904. The smallest absolute Gasteiger partial charge is 0.195 e. The third-order valence-electron chi connectivity index (χ3n) is 2.59. The van der Waals surface area contributed by atoms with E-state index in [1.54, 1.807) is 10.8 Å². The first kappa shape index (κ1) is 10.4. The Labute approximate surface area is 106 Å². The van der Waals surface area contributed by atoms with Gasteiger partial charge in [0.2, 0.25) is 0 Å². The normalized spacial score (nSPS) is 11.1. The first-order valence-corrected chi connectivity index (χ1v) is 6.15. The van der Waals surface area contributed by atoms with Crippen molar-refractivity contribution >= 4 is 39.5 Å². The number of aromatic amines is 1. The van der Waals surface area contributed by atoms with Crippen molar-refractivity contribution in [2.75, 3.05) is 5.73 Å². The summed E-state index contributed by atoms with van der Waals surface area (Å²) in [6.07, 6.45) is 1.76. The molecule has 0 aliphatic carbocycles. The monoisotopic (exact) mass is 263 g/mol. The van der Waals surface area contributed by atoms with Gasteiger partial charge in [-0.3, -0.25) is 5.10 Å². The number of nitrogen functional groups attached to an aromatic ring is 1. The maximum Gasteiger partial charge on any atom is 0.195 e. The number of nitrogens with one attached hydrogen (secondary N) is 1. The minimum Gasteiger partial charge on any atom is -0.397 e. The third kappa shape index (κ3) is 1.47. The average molecular weight is 263 g/mol. The molecule has 7 heteroatoms. The van der Waals surface area contributed by atoms with Crippen molar-refractivity contribution in [3.05, 3.63) is 23.1 Å². The summed E-state index contributed by atoms with van der Waals surface area (Å²) in [5, 5.41) is 7.90. The Morgan fingerprint density at radius 2 is 2.35 bits per heavy atom. The van der Waals surface area contributed by atoms with Crippen LogP contribution in [0, 0.1) is 4.77 Å². The first-order chi connectivity index (χ1) is 8.18. The second-order valence-corrected chi connectivity index (χ2v) is 5.00. The predicted molar refractivity (Wildman–Crippen MR) is 71.4 cm³/mol. The summed E-state index contributed by atoms with van der Waals surface area (Å²) in [6.45, 7) is 0. The quantitative estimate of drug-likeness (QED) is 0.661. The van der Waals surface area contributed by atoms with Crippen molar-refractivity contribution in [3.8, 4) is 10.7 Å². The van der Waals surface area contributed by atoms with Crippen LogP contribution in [0.4, 0.5) is 5.69 Å². The topological polar surface area (TPSA) is 72.5 Å². The summed E-state index contributed by atoms with van der Waals surface area (Å²) in [5.74, 6) is 0.746. The predicted octanol–water partition coefficient (Wildman–Crippen LogP) is 2.34. The number of anilines is 1. The number of hydrogen-bond donors (Lipinski definition) is 2. The molecule has 0 saturated heterocycles. The molecule has 0 aromatic carbocycles. The molecule has 0 fully saturated rings. The van der Waals surface area contributed by atoms with Crippen LogP contribution in [-0.4, -0.2) is 19.7 Å². The molecule has 0 aliphatic rings. The van der Waals surface area contributed by atoms with Gasteiger partial charge in [0.05, 0.1) is 10.6 Å². The fourth-order valence-electron chi connectivity index (χ4n) is 1.67. The zero-order chi connectivity index (χ0) is 12.0. The fraction of sp³-hybridized carbons (Fsp3) is 0.100. The van der Waals surface area contributed by atoms with E-state index in [-0.39, 0.29) is 0 Å². The van der Waals surface area contributed by atoms with Gasteiger partial charge in [-0.2, -0.15) is 5.10 Å². The number of H-pyrrole nitrogens is 1. The molecule has 0 amide bonds. The van der Waals surface area contributed by atoms with E-state index in [9.17, 15) is 0 Å². The van der Waals surface area contributed by atoms with Gasteiger partial charge < -0.3 is 10.3 Å². The van der Waals surface area contributed by atoms with Crippen molar-refractivity contribution in [3.63, 3.8) is 0 Å². The van der Waals surface area contributed by atoms with Crippen molar-refractivity contribution < 1.29 is 0 Å². The molecule has 3 rings (SSSR count). The van der Waals surface area contributed by atoms with Gasteiger partial charge in [-0.05, 0) is 24.4 Å². The molecule has 17 heavy (non-hydrogen) atoms. The molecule has 5 nitrogen and oxygen atoms in total. The highest BCUT2D eigenvalue weighted by Gasteiger charge is 2.15. The van der Waals surface area contributed by atoms with E-state index in [1.807, 2.05) is 19.2 Å². The summed E-state index contributed by atoms with van der Waals surface area (Å²) >= 11 is 6.61. The van der Waals surface area contributed by atoms with Crippen molar-refractivity contribution in [1.82, 2.24) is 19.7 Å². The second kappa shape index (κ2) is 3.64. The Bertz CT molecular complexity index is 751. The molecule has 0 aliphatic heterocycles. The molecule has 3 N–H and O–H groups in total. The van der Waals surface area contributed by atoms with E-state index < -0.39 is 0 Å². The number of nitrogens with zero attached hydrogens (tertiary/aromatic N) is 3. The van der Waals surface area contributed by atoms with Crippen LogP contribution in [0.15, 0.2) is 18.3 Å². The summed E-state index contributed by atoms with van der Waals surface area (Å²) in [4.78, 5) is 6.10. The molecule has 3 heterocycles. The maximum absolute atomic E-state index is 6.12. The number of aromatic nitrogens is 4. The minimum absolute atomic E-state index is 0.574. The fourth-order valence-corrected chi connectivity index (χ4v) is 2.89. The Hall–Kier alpha value is -1.73. The van der Waals surface area contributed by atoms with Gasteiger partial charge in [0.1, 0.15) is 4.83 Å². The van der Waals surface area contributed by atoms with Crippen LogP contribution >= 0.6 is 23.6 Å². The average Bonchev–Trinajstić information content (AvgIpc) is 2.83. The zero-order valence-electron chi connectivity index (χ0n) is 8.97. The molecule has 3 aromatic rings. The second-order valence-electron chi connectivity index (χ2n) is 3.61. The van der Waals surface area contributed by atoms with Crippen LogP contribution in [0.2, 0.25) is 0 Å². The van der Waals surface area contributed by atoms with Crippen LogP contribution in [-0.2, 0) is 7.05 Å². The van der Waals surface area contributed by atoms with Gasteiger partial charge in [-0.15, -0.1) is 11.3 Å². The van der Waals surface area contributed by atoms with Gasteiger partial charge in [0.25, 0.3) is 0 Å². The molecular weight excluding hydrogens is 254 g/mol. The number of thiophene rings is 1. The number of pyridine rings is 1. The van der Waals surface area contributed by atoms with Crippen LogP contribution in [0.5, 0.6) is 0 Å². The molecule has 86 valence electrons. The van der Waals surface area contributed by atoms with Gasteiger partial charge in [0, 0.05) is 18.6 Å². The molecule has 0 saturated carbocycles. The number of nitrogens with two attached hydrogens (primary N) is 1. The van der Waals surface area contributed by atoms with Crippen LogP contribution in [0.3, 0.4) is 0 Å². The van der Waals surface area contributed by atoms with E-state index in [2.05, 4.69) is 15.2 Å². The van der Waals surface area contributed by atoms with Gasteiger partial charge in [-0.25, -0.2) is 4.98 Å². The highest BCUT2D eigenvalue weighted by atomic mass is 32.1. The van der Waals surface area contributed by atoms with Gasteiger partial charge in [0.15, 0.2) is 10.6 Å². The largest absolute Gasteiger partial charge is 0.397 e. The molecule has 0 radical (unpaired) electrons. The number of hydrogen-bond acceptors (Lipinski definition) is 5. The first-order valence-electron chi connectivity index (χ1n) is 4.93. The highest BCUT2D eigenvalue weighted by Crippen LogP contribution is 2.38. The molecule has 0 atom stereocenters. The number of fused-ring (bicyclic) bond motifs is 1. The maximum atomic E-state index is 6.12. The highest BCUT2D eigenvalue weighted by molar-refractivity contribution is 7.71. The summed E-state index contributed by atoms with van der Waals surface area (Å²) in [7, 11) is 1.86. The Morgan fingerprint density at radius 3 is 3.00 bits per heavy atom. The number of rotatable bonds is 1. The van der Waals surface area contributed by atoms with E-state index in [0.717, 1.165) is 20.9 Å². The SMILES string of the molecule is Cn1c(-c2sc3ncccc3c2N)n[nH]c1=S. The van der Waals surface area contributed by atoms with E-state index in [1.165, 1.54) is 11.3 Å². The lowest BCUT2D eigenvalue weighted by Crippen LogP contribution is -1.93. The van der Waals surface area contributed by atoms with Crippen LogP contribution < -0.4 is 5.73 Å². The Balaban J connectivity index is 2.35. The van der Waals surface area contributed by atoms with Gasteiger partial charge in [-0.1, -0.05) is 0 Å². The molecular formula is C10H9N5S2. The zero-order valence-corrected chi connectivity index (χ0v) is 10.6. The van der Waals surface area contributed by atoms with E-state index in [4.69, 9.17) is 18.0 Å². The van der Waals surface area contributed by atoms with Gasteiger partial charge >= 0.3 is 0 Å². The molecule has 0 spiro atoms. The third-order valence-corrected chi connectivity index (χ3v) is 4.08. The lowest BCUT2D eigenvalue weighted by atomic mass is 10.2. The summed E-state index contributed by atoms with van der Waals surface area (Å²) < 4.78 is 2.38.